The molecule has 1 amide bonds. The predicted molar refractivity (Wildman–Crippen MR) is 57.5 cm³/mol. The van der Waals surface area contributed by atoms with Crippen LogP contribution >= 0.6 is 0 Å². The number of amides is 1. The van der Waals surface area contributed by atoms with Crippen molar-refractivity contribution in [2.45, 2.75) is 13.2 Å². The molecule has 1 aromatic heterocycles. The number of nitrogens with zero attached hydrogens (tertiary/aromatic N) is 2. The summed E-state index contributed by atoms with van der Waals surface area (Å²) in [5.41, 5.74) is 0. The van der Waals surface area contributed by atoms with Gasteiger partial charge < -0.3 is 14.4 Å². The number of furan rings is 1. The summed E-state index contributed by atoms with van der Waals surface area (Å²) in [7, 11) is 1.82. The second kappa shape index (κ2) is 4.67. The molecule has 1 aliphatic rings. The lowest BCUT2D eigenvalue weighted by Gasteiger charge is -2.31. The Kier molecular flexibility index (Phi) is 3.26. The maximum Gasteiger partial charge on any atom is 0.236 e. The summed E-state index contributed by atoms with van der Waals surface area (Å²) in [4.78, 5) is 15.2. The van der Waals surface area contributed by atoms with E-state index >= 15 is 0 Å². The zero-order chi connectivity index (χ0) is 11.5. The minimum atomic E-state index is -0.0817. The fourth-order valence-corrected chi connectivity index (χ4v) is 1.75. The fraction of sp³-hybridized carbons (Fsp3) is 0.545. The lowest BCUT2D eigenvalue weighted by molar-refractivity contribution is -0.134. The van der Waals surface area contributed by atoms with E-state index in [2.05, 4.69) is 0 Å². The van der Waals surface area contributed by atoms with Crippen molar-refractivity contribution in [3.8, 4) is 0 Å². The molecule has 0 bridgehead atoms. The lowest BCUT2D eigenvalue weighted by Crippen LogP contribution is -2.47. The molecule has 0 aromatic carbocycles. The van der Waals surface area contributed by atoms with Crippen molar-refractivity contribution in [1.82, 2.24) is 9.80 Å². The average Bonchev–Trinajstić information content (AvgIpc) is 2.71. The Bertz CT molecular complexity index is 375. The van der Waals surface area contributed by atoms with Gasteiger partial charge in [-0.1, -0.05) is 0 Å². The molecule has 1 aromatic rings. The molecule has 0 unspecified atom stereocenters. The SMILES string of the molecule is CN1CCN(Cc2ccc(CO)o2)CC1=O. The van der Waals surface area contributed by atoms with Gasteiger partial charge in [-0.2, -0.15) is 0 Å². The van der Waals surface area contributed by atoms with Gasteiger partial charge in [-0.15, -0.1) is 0 Å². The third-order valence-electron chi connectivity index (χ3n) is 2.79. The van der Waals surface area contributed by atoms with E-state index in [1.165, 1.54) is 0 Å². The molecule has 0 aliphatic carbocycles. The van der Waals surface area contributed by atoms with E-state index in [9.17, 15) is 4.79 Å². The molecule has 0 atom stereocenters. The second-order valence-corrected chi connectivity index (χ2v) is 4.05. The normalized spacial score (nSPS) is 18.1. The van der Waals surface area contributed by atoms with Crippen LogP contribution in [0.5, 0.6) is 0 Å². The fourth-order valence-electron chi connectivity index (χ4n) is 1.75. The zero-order valence-electron chi connectivity index (χ0n) is 9.35. The van der Waals surface area contributed by atoms with E-state index < -0.39 is 0 Å². The minimum Gasteiger partial charge on any atom is -0.462 e. The van der Waals surface area contributed by atoms with Crippen LogP contribution in [0.15, 0.2) is 16.5 Å². The summed E-state index contributed by atoms with van der Waals surface area (Å²) in [6.45, 7) is 2.59. The van der Waals surface area contributed by atoms with Crippen LogP contribution in [-0.4, -0.2) is 47.5 Å². The first-order chi connectivity index (χ1) is 7.69. The Morgan fingerprint density at radius 3 is 2.75 bits per heavy atom. The smallest absolute Gasteiger partial charge is 0.236 e. The van der Waals surface area contributed by atoms with Gasteiger partial charge in [-0.3, -0.25) is 9.69 Å². The summed E-state index contributed by atoms with van der Waals surface area (Å²) in [6, 6.07) is 3.60. The van der Waals surface area contributed by atoms with Crippen molar-refractivity contribution in [2.24, 2.45) is 0 Å². The largest absolute Gasteiger partial charge is 0.462 e. The Morgan fingerprint density at radius 1 is 1.38 bits per heavy atom. The summed E-state index contributed by atoms with van der Waals surface area (Å²) >= 11 is 0. The Labute approximate surface area is 94.2 Å². The molecule has 5 nitrogen and oxygen atoms in total. The number of aliphatic hydroxyl groups excluding tert-OH is 1. The van der Waals surface area contributed by atoms with Crippen molar-refractivity contribution in [3.63, 3.8) is 0 Å². The number of aliphatic hydroxyl groups is 1. The number of hydrogen-bond acceptors (Lipinski definition) is 4. The van der Waals surface area contributed by atoms with Gasteiger partial charge in [0.2, 0.25) is 5.91 Å². The van der Waals surface area contributed by atoms with Crippen molar-refractivity contribution in [3.05, 3.63) is 23.7 Å². The predicted octanol–water partition coefficient (Wildman–Crippen LogP) is 0.0459. The van der Waals surface area contributed by atoms with Crippen LogP contribution in [0.25, 0.3) is 0 Å². The monoisotopic (exact) mass is 224 g/mol. The summed E-state index contributed by atoms with van der Waals surface area (Å²) in [5, 5.41) is 8.87. The first-order valence-electron chi connectivity index (χ1n) is 5.34. The zero-order valence-corrected chi connectivity index (χ0v) is 9.35. The average molecular weight is 224 g/mol. The van der Waals surface area contributed by atoms with Crippen molar-refractivity contribution >= 4 is 5.91 Å². The van der Waals surface area contributed by atoms with Crippen molar-refractivity contribution in [1.29, 1.82) is 0 Å². The van der Waals surface area contributed by atoms with Crippen LogP contribution in [0.4, 0.5) is 0 Å². The van der Waals surface area contributed by atoms with Gasteiger partial charge in [0.15, 0.2) is 0 Å². The highest BCUT2D eigenvalue weighted by Crippen LogP contribution is 2.12. The number of carbonyl (C=O) groups excluding carboxylic acids is 1. The molecular formula is C11H16N2O3. The Balaban J connectivity index is 1.92. The highest BCUT2D eigenvalue weighted by Gasteiger charge is 2.21. The first-order valence-corrected chi connectivity index (χ1v) is 5.34. The maximum absolute atomic E-state index is 11.5. The van der Waals surface area contributed by atoms with Crippen LogP contribution in [0.2, 0.25) is 0 Å². The van der Waals surface area contributed by atoms with Gasteiger partial charge >= 0.3 is 0 Å². The third kappa shape index (κ3) is 2.43. The van der Waals surface area contributed by atoms with Crippen molar-refractivity contribution < 1.29 is 14.3 Å². The maximum atomic E-state index is 11.5. The standard InChI is InChI=1S/C11H16N2O3/c1-12-4-5-13(7-11(12)15)6-9-2-3-10(8-14)16-9/h2-3,14H,4-8H2,1H3. The topological polar surface area (TPSA) is 56.9 Å². The summed E-state index contributed by atoms with van der Waals surface area (Å²) in [5.74, 6) is 1.50. The van der Waals surface area contributed by atoms with Crippen LogP contribution in [-0.2, 0) is 17.9 Å². The van der Waals surface area contributed by atoms with Gasteiger partial charge in [0.1, 0.15) is 18.1 Å². The highest BCUT2D eigenvalue weighted by atomic mass is 16.4. The summed E-state index contributed by atoms with van der Waals surface area (Å²) in [6.07, 6.45) is 0. The molecule has 0 saturated carbocycles. The summed E-state index contributed by atoms with van der Waals surface area (Å²) < 4.78 is 5.38. The molecule has 5 heteroatoms. The van der Waals surface area contributed by atoms with E-state index in [-0.39, 0.29) is 12.5 Å². The molecule has 0 radical (unpaired) electrons. The van der Waals surface area contributed by atoms with E-state index in [0.717, 1.165) is 18.8 Å². The molecule has 88 valence electrons. The van der Waals surface area contributed by atoms with Gasteiger partial charge in [0.25, 0.3) is 0 Å². The first kappa shape index (κ1) is 11.2. The van der Waals surface area contributed by atoms with Crippen LogP contribution in [0, 0.1) is 0 Å². The van der Waals surface area contributed by atoms with Crippen LogP contribution in [0.3, 0.4) is 0 Å². The second-order valence-electron chi connectivity index (χ2n) is 4.05. The highest BCUT2D eigenvalue weighted by molar-refractivity contribution is 5.78. The van der Waals surface area contributed by atoms with E-state index in [0.29, 0.717) is 18.8 Å². The number of hydrogen-bond donors (Lipinski definition) is 1. The van der Waals surface area contributed by atoms with Gasteiger partial charge in [0.05, 0.1) is 13.1 Å². The molecule has 0 spiro atoms. The Hall–Kier alpha value is -1.33. The lowest BCUT2D eigenvalue weighted by atomic mass is 10.3. The van der Waals surface area contributed by atoms with Gasteiger partial charge in [0, 0.05) is 20.1 Å². The quantitative estimate of drug-likeness (QED) is 0.788. The third-order valence-corrected chi connectivity index (χ3v) is 2.79. The molecule has 1 N–H and O–H groups in total. The molecule has 2 rings (SSSR count). The molecule has 2 heterocycles. The molecule has 16 heavy (non-hydrogen) atoms. The molecule has 1 aliphatic heterocycles. The number of rotatable bonds is 3. The minimum absolute atomic E-state index is 0.0817. The van der Waals surface area contributed by atoms with Gasteiger partial charge in [-0.05, 0) is 12.1 Å². The van der Waals surface area contributed by atoms with E-state index in [1.54, 1.807) is 11.0 Å². The molecule has 1 fully saturated rings. The van der Waals surface area contributed by atoms with Crippen LogP contribution < -0.4 is 0 Å². The number of likely N-dealkylation sites (N-methyl/N-ethyl adjacent to an activating group) is 1. The van der Waals surface area contributed by atoms with Crippen LogP contribution in [0.1, 0.15) is 11.5 Å². The van der Waals surface area contributed by atoms with E-state index in [4.69, 9.17) is 9.52 Å². The Morgan fingerprint density at radius 2 is 2.12 bits per heavy atom. The molecular weight excluding hydrogens is 208 g/mol. The number of piperazine rings is 1. The molecule has 1 saturated heterocycles. The number of carbonyl (C=O) groups is 1. The van der Waals surface area contributed by atoms with Crippen molar-refractivity contribution in [2.75, 3.05) is 26.7 Å². The van der Waals surface area contributed by atoms with Gasteiger partial charge in [-0.25, -0.2) is 0 Å². The van der Waals surface area contributed by atoms with E-state index in [1.807, 2.05) is 18.0 Å².